The highest BCUT2D eigenvalue weighted by Crippen LogP contribution is 2.60. The third-order valence-electron chi connectivity index (χ3n) is 17.4. The topological polar surface area (TPSA) is 124 Å². The fourth-order valence-electron chi connectivity index (χ4n) is 11.6. The van der Waals surface area contributed by atoms with Crippen molar-refractivity contribution in [1.29, 1.82) is 0 Å². The van der Waals surface area contributed by atoms with Crippen LogP contribution >= 0.6 is 0 Å². The summed E-state index contributed by atoms with van der Waals surface area (Å²) in [5, 5.41) is 0.0948. The largest absolute Gasteiger partial charge is 0.488 e. The lowest BCUT2D eigenvalue weighted by molar-refractivity contribution is -0.207. The van der Waals surface area contributed by atoms with Gasteiger partial charge >= 0.3 is 11.9 Å². The molecule has 0 radical (unpaired) electrons. The van der Waals surface area contributed by atoms with E-state index in [1.165, 1.54) is 7.11 Å². The molecule has 1 saturated carbocycles. The fraction of sp³-hybridized carbons (Fsp3) is 0.815. The molecule has 6 atom stereocenters. The van der Waals surface area contributed by atoms with Crippen LogP contribution < -0.4 is 0 Å². The summed E-state index contributed by atoms with van der Waals surface area (Å²) in [6.07, 6.45) is 5.57. The predicted octanol–water partition coefficient (Wildman–Crippen LogP) is 13.6. The third-order valence-corrected chi connectivity index (χ3v) is 26.4. The van der Waals surface area contributed by atoms with Crippen molar-refractivity contribution in [2.45, 2.75) is 237 Å². The number of methoxy groups -OCH3 is 1. The Kier molecular flexibility index (Phi) is 17.6. The van der Waals surface area contributed by atoms with E-state index in [2.05, 4.69) is 123 Å². The first-order valence-corrected chi connectivity index (χ1v) is 30.9. The van der Waals surface area contributed by atoms with Crippen LogP contribution in [0.25, 0.3) is 0 Å². The molecule has 66 heavy (non-hydrogen) atoms. The Morgan fingerprint density at radius 3 is 1.58 bits per heavy atom. The molecule has 0 aromatic carbocycles. The zero-order valence-corrected chi connectivity index (χ0v) is 48.4. The second-order valence-electron chi connectivity index (χ2n) is 24.8. The number of carbonyl (C=O) groups is 4. The summed E-state index contributed by atoms with van der Waals surface area (Å²) in [6.45, 7) is 50.8. The highest BCUT2D eigenvalue weighted by atomic mass is 28.4. The lowest BCUT2D eigenvalue weighted by Gasteiger charge is -2.61. The van der Waals surface area contributed by atoms with Gasteiger partial charge in [-0.2, -0.15) is 0 Å². The number of Topliss-reactive ketones (excluding diaryl/α,β-unsaturated/α-hetero) is 2. The van der Waals surface area contributed by atoms with Crippen molar-refractivity contribution in [2.24, 2.45) is 40.4 Å². The molecule has 0 spiro atoms. The number of fused-ring (bicyclic) bond motifs is 1. The van der Waals surface area contributed by atoms with E-state index in [0.717, 1.165) is 44.1 Å². The number of cyclic esters (lactones) is 1. The van der Waals surface area contributed by atoms with Gasteiger partial charge in [0.2, 0.25) is 5.79 Å². The SMILES string of the molecule is CCC(CC)[C@@H]1C[C@H](O[Si](C)(C)C(C)(C)C)C(C)=C(C(=O)C2=C(C)OC(C)(C)OC2=O)C1(C)C.CCC(CC)[C@@H]1C[C@H](O[Si](C)(C)C(C)(C)C)[C@@]2(C)OC(C)=C(C(=O)OC)C(=O)[C@@H]2C1(C)C. The van der Waals surface area contributed by atoms with E-state index in [4.69, 9.17) is 27.8 Å². The van der Waals surface area contributed by atoms with Crippen molar-refractivity contribution < 1.29 is 47.0 Å². The monoisotopic (exact) mass is 959 g/mol. The normalized spacial score (nSPS) is 28.0. The first kappa shape index (κ1) is 57.8. The van der Waals surface area contributed by atoms with E-state index in [1.807, 2.05) is 13.8 Å². The van der Waals surface area contributed by atoms with Crippen molar-refractivity contribution in [1.82, 2.24) is 0 Å². The lowest BCUT2D eigenvalue weighted by atomic mass is 9.50. The molecule has 0 amide bonds. The molecule has 10 nitrogen and oxygen atoms in total. The van der Waals surface area contributed by atoms with E-state index in [0.29, 0.717) is 28.9 Å². The maximum Gasteiger partial charge on any atom is 0.348 e. The third kappa shape index (κ3) is 11.1. The van der Waals surface area contributed by atoms with Crippen LogP contribution in [0.4, 0.5) is 0 Å². The van der Waals surface area contributed by atoms with Gasteiger partial charge in [-0.3, -0.25) is 9.59 Å². The van der Waals surface area contributed by atoms with E-state index in [1.54, 1.807) is 27.7 Å². The Morgan fingerprint density at radius 2 is 1.14 bits per heavy atom. The molecule has 0 bridgehead atoms. The molecule has 0 N–H and O–H groups in total. The summed E-state index contributed by atoms with van der Waals surface area (Å²) in [4.78, 5) is 53.6. The molecule has 2 heterocycles. The van der Waals surface area contributed by atoms with E-state index < -0.39 is 51.3 Å². The predicted molar refractivity (Wildman–Crippen MR) is 270 cm³/mol. The molecular weight excluding hydrogens is 865 g/mol. The lowest BCUT2D eigenvalue weighted by Crippen LogP contribution is -2.67. The average molecular weight is 960 g/mol. The molecule has 2 aliphatic carbocycles. The van der Waals surface area contributed by atoms with Crippen LogP contribution in [-0.4, -0.2) is 70.8 Å². The van der Waals surface area contributed by atoms with Crippen molar-refractivity contribution in [3.05, 3.63) is 33.8 Å². The first-order valence-electron chi connectivity index (χ1n) is 25.1. The molecule has 1 fully saturated rings. The van der Waals surface area contributed by atoms with Gasteiger partial charge in [-0.15, -0.1) is 0 Å². The number of hydrogen-bond acceptors (Lipinski definition) is 10. The van der Waals surface area contributed by atoms with Crippen molar-refractivity contribution in [2.75, 3.05) is 7.11 Å². The van der Waals surface area contributed by atoms with Gasteiger partial charge in [-0.1, -0.05) is 123 Å². The molecule has 12 heteroatoms. The summed E-state index contributed by atoms with van der Waals surface area (Å²) in [6, 6.07) is 0. The number of allylic oxidation sites excluding steroid dienone is 3. The van der Waals surface area contributed by atoms with Gasteiger partial charge in [0.05, 0.1) is 25.2 Å². The Labute approximate surface area is 403 Å². The molecule has 0 aromatic rings. The summed E-state index contributed by atoms with van der Waals surface area (Å²) >= 11 is 0. The molecule has 0 aromatic heterocycles. The van der Waals surface area contributed by atoms with E-state index in [-0.39, 0.29) is 62.2 Å². The van der Waals surface area contributed by atoms with Gasteiger partial charge in [0.25, 0.3) is 0 Å². The van der Waals surface area contributed by atoms with Gasteiger partial charge in [0, 0.05) is 19.4 Å². The number of ether oxygens (including phenoxy) is 4. The van der Waals surface area contributed by atoms with Gasteiger partial charge in [-0.25, -0.2) is 9.59 Å². The molecule has 4 rings (SSSR count). The maximum absolute atomic E-state index is 14.1. The van der Waals surface area contributed by atoms with Crippen LogP contribution in [0.15, 0.2) is 33.8 Å². The number of esters is 2. The maximum atomic E-state index is 14.1. The molecule has 4 aliphatic rings. The molecule has 2 aliphatic heterocycles. The minimum absolute atomic E-state index is 0.0121. The zero-order chi connectivity index (χ0) is 51.3. The number of ketones is 2. The van der Waals surface area contributed by atoms with Crippen molar-refractivity contribution >= 4 is 40.1 Å². The summed E-state index contributed by atoms with van der Waals surface area (Å²) in [7, 11) is -2.91. The van der Waals surface area contributed by atoms with E-state index in [9.17, 15) is 19.2 Å². The minimum Gasteiger partial charge on any atom is -0.488 e. The Hall–Kier alpha value is -2.55. The van der Waals surface area contributed by atoms with Gasteiger partial charge in [0.1, 0.15) is 28.3 Å². The minimum atomic E-state index is -2.14. The highest BCUT2D eigenvalue weighted by molar-refractivity contribution is 6.74. The van der Waals surface area contributed by atoms with Crippen LogP contribution in [0.2, 0.25) is 36.3 Å². The van der Waals surface area contributed by atoms with Gasteiger partial charge in [-0.05, 0) is 117 Å². The Bertz CT molecular complexity index is 1930. The van der Waals surface area contributed by atoms with Crippen LogP contribution in [-0.2, 0) is 47.0 Å². The Morgan fingerprint density at radius 1 is 0.682 bits per heavy atom. The van der Waals surface area contributed by atoms with Crippen LogP contribution in [0.5, 0.6) is 0 Å². The standard InChI is InChI=1S/C28H48O5Si.C26H46O5Si/c1-14-19(15-2)20-16-21(33-34(12,13)26(5,6)7)17(3)23(27(20,8)9)24(29)22-18(4)31-28(10,11)32-25(22)30;1-13-17(14-2)18-15-19(31-32(11,12)24(4,5)6)26(9)22(25(18,7)8)21(27)20(16(3)30-26)23(28)29-10/h19-21H,14-16H2,1-13H3;17-19,22H,13-15H2,1-12H3/t20-,21-;18-,19-,22+,26+/m00/s1. The average Bonchev–Trinajstić information content (AvgIpc) is 3.14. The number of rotatable bonds is 13. The first-order chi connectivity index (χ1) is 29.8. The summed E-state index contributed by atoms with van der Waals surface area (Å²) < 4.78 is 36.7. The van der Waals surface area contributed by atoms with Gasteiger partial charge < -0.3 is 27.8 Å². The van der Waals surface area contributed by atoms with Gasteiger partial charge in [0.15, 0.2) is 28.2 Å². The quantitative estimate of drug-likeness (QED) is 0.100. The van der Waals surface area contributed by atoms with Crippen molar-refractivity contribution in [3.63, 3.8) is 0 Å². The molecule has 0 unspecified atom stereocenters. The molecular formula is C54H94O10Si2. The second kappa shape index (κ2) is 20.1. The van der Waals surface area contributed by atoms with Crippen LogP contribution in [0.1, 0.15) is 177 Å². The number of carbonyl (C=O) groups excluding carboxylic acids is 4. The Balaban J connectivity index is 0.000000351. The fourth-order valence-corrected chi connectivity index (χ4v) is 14.3. The number of hydrogen-bond donors (Lipinski definition) is 0. The van der Waals surface area contributed by atoms with Crippen LogP contribution in [0.3, 0.4) is 0 Å². The van der Waals surface area contributed by atoms with Crippen LogP contribution in [0, 0.1) is 40.4 Å². The zero-order valence-electron chi connectivity index (χ0n) is 46.4. The summed E-state index contributed by atoms with van der Waals surface area (Å²) in [5.41, 5.74) is 0.105. The summed E-state index contributed by atoms with van der Waals surface area (Å²) in [5.74, 6) is -1.07. The second-order valence-corrected chi connectivity index (χ2v) is 34.3. The van der Waals surface area contributed by atoms with E-state index >= 15 is 0 Å². The highest BCUT2D eigenvalue weighted by Gasteiger charge is 2.65. The van der Waals surface area contributed by atoms with Crippen molar-refractivity contribution in [3.8, 4) is 0 Å². The molecule has 0 saturated heterocycles. The smallest absolute Gasteiger partial charge is 0.348 e. The molecule has 378 valence electrons.